The van der Waals surface area contributed by atoms with Gasteiger partial charge in [-0.3, -0.25) is 14.5 Å². The molecule has 7 nitrogen and oxygen atoms in total. The fraction of sp³-hybridized carbons (Fsp3) is 0.278. The molecule has 130 valence electrons. The first kappa shape index (κ1) is 16.9. The molecule has 0 unspecified atom stereocenters. The number of amides is 1. The largest absolute Gasteiger partial charge is 0.339 e. The number of nitrogens with zero attached hydrogens (tertiary/aromatic N) is 5. The van der Waals surface area contributed by atoms with E-state index in [4.69, 9.17) is 0 Å². The molecule has 0 bridgehead atoms. The molecule has 0 radical (unpaired) electrons. The second kappa shape index (κ2) is 7.76. The first-order chi connectivity index (χ1) is 12.1. The normalized spacial score (nSPS) is 11.0. The van der Waals surface area contributed by atoms with Crippen molar-refractivity contribution in [3.8, 4) is 0 Å². The van der Waals surface area contributed by atoms with Crippen LogP contribution in [0.15, 0.2) is 55.1 Å². The van der Waals surface area contributed by atoms with E-state index in [1.54, 1.807) is 18.5 Å². The van der Waals surface area contributed by atoms with Gasteiger partial charge in [0.1, 0.15) is 5.69 Å². The third-order valence-corrected chi connectivity index (χ3v) is 3.82. The van der Waals surface area contributed by atoms with E-state index >= 15 is 0 Å². The van der Waals surface area contributed by atoms with Gasteiger partial charge in [0.15, 0.2) is 5.82 Å². The number of carbonyl (C=O) groups excluding carboxylic acids is 1. The van der Waals surface area contributed by atoms with Crippen molar-refractivity contribution >= 4 is 11.7 Å². The van der Waals surface area contributed by atoms with Crippen LogP contribution in [0.4, 0.5) is 5.82 Å². The van der Waals surface area contributed by atoms with E-state index in [0.717, 1.165) is 18.7 Å². The van der Waals surface area contributed by atoms with Crippen molar-refractivity contribution < 1.29 is 4.79 Å². The van der Waals surface area contributed by atoms with Crippen molar-refractivity contribution in [2.75, 3.05) is 26.0 Å². The maximum absolute atomic E-state index is 12.6. The molecule has 3 heterocycles. The predicted molar refractivity (Wildman–Crippen MR) is 96.5 cm³/mol. The molecule has 7 heteroatoms. The molecule has 0 spiro atoms. The second-order valence-corrected chi connectivity index (χ2v) is 6.10. The van der Waals surface area contributed by atoms with Crippen molar-refractivity contribution in [3.63, 3.8) is 0 Å². The van der Waals surface area contributed by atoms with Crippen molar-refractivity contribution in [1.82, 2.24) is 24.2 Å². The molecule has 0 saturated carbocycles. The highest BCUT2D eigenvalue weighted by atomic mass is 16.2. The SMILES string of the molecule is CN(C)CCn1ccc(NC(=O)c2cccn2Cc2ccncc2)n1. The Bertz CT molecular complexity index is 821. The summed E-state index contributed by atoms with van der Waals surface area (Å²) in [5.41, 5.74) is 1.69. The van der Waals surface area contributed by atoms with Crippen molar-refractivity contribution in [2.45, 2.75) is 13.1 Å². The molecule has 25 heavy (non-hydrogen) atoms. The number of pyridine rings is 1. The number of nitrogens with one attached hydrogen (secondary N) is 1. The molecular formula is C18H22N6O. The summed E-state index contributed by atoms with van der Waals surface area (Å²) in [6.07, 6.45) is 7.26. The number of aromatic nitrogens is 4. The molecule has 3 rings (SSSR count). The fourth-order valence-corrected chi connectivity index (χ4v) is 2.48. The number of rotatable bonds is 7. The van der Waals surface area contributed by atoms with Gasteiger partial charge in [0, 0.05) is 43.9 Å². The molecule has 3 aromatic heterocycles. The monoisotopic (exact) mass is 338 g/mol. The summed E-state index contributed by atoms with van der Waals surface area (Å²) in [4.78, 5) is 18.7. The smallest absolute Gasteiger partial charge is 0.273 e. The lowest BCUT2D eigenvalue weighted by atomic mass is 10.2. The summed E-state index contributed by atoms with van der Waals surface area (Å²) in [5.74, 6) is 0.386. The van der Waals surface area contributed by atoms with Crippen molar-refractivity contribution in [3.05, 3.63) is 66.4 Å². The third kappa shape index (κ3) is 4.54. The molecule has 0 aliphatic carbocycles. The van der Waals surface area contributed by atoms with Gasteiger partial charge in [0.25, 0.3) is 5.91 Å². The molecule has 3 aromatic rings. The Kier molecular flexibility index (Phi) is 5.25. The van der Waals surface area contributed by atoms with E-state index in [1.807, 2.05) is 60.0 Å². The third-order valence-electron chi connectivity index (χ3n) is 3.82. The van der Waals surface area contributed by atoms with Crippen LogP contribution in [0.25, 0.3) is 0 Å². The highest BCUT2D eigenvalue weighted by molar-refractivity contribution is 6.02. The number of hydrogen-bond donors (Lipinski definition) is 1. The summed E-state index contributed by atoms with van der Waals surface area (Å²) in [5, 5.41) is 7.25. The van der Waals surface area contributed by atoms with Gasteiger partial charge in [0.05, 0.1) is 6.54 Å². The van der Waals surface area contributed by atoms with Crippen LogP contribution in [0, 0.1) is 0 Å². The summed E-state index contributed by atoms with van der Waals surface area (Å²) in [7, 11) is 4.03. The summed E-state index contributed by atoms with van der Waals surface area (Å²) in [6, 6.07) is 9.36. The van der Waals surface area contributed by atoms with E-state index in [0.29, 0.717) is 18.1 Å². The Hall–Kier alpha value is -2.93. The van der Waals surface area contributed by atoms with Gasteiger partial charge in [0.2, 0.25) is 0 Å². The topological polar surface area (TPSA) is 68.0 Å². The zero-order valence-electron chi connectivity index (χ0n) is 14.5. The predicted octanol–water partition coefficient (Wildman–Crippen LogP) is 1.94. The minimum absolute atomic E-state index is 0.170. The summed E-state index contributed by atoms with van der Waals surface area (Å²) < 4.78 is 3.74. The maximum Gasteiger partial charge on any atom is 0.273 e. The highest BCUT2D eigenvalue weighted by Crippen LogP contribution is 2.10. The van der Waals surface area contributed by atoms with E-state index in [1.165, 1.54) is 0 Å². The van der Waals surface area contributed by atoms with Crippen LogP contribution in [-0.4, -0.2) is 50.8 Å². The lowest BCUT2D eigenvalue weighted by molar-refractivity contribution is 0.101. The van der Waals surface area contributed by atoms with Crippen LogP contribution in [0.3, 0.4) is 0 Å². The van der Waals surface area contributed by atoms with E-state index in [9.17, 15) is 4.79 Å². The average Bonchev–Trinajstić information content (AvgIpc) is 3.23. The van der Waals surface area contributed by atoms with Gasteiger partial charge in [-0.05, 0) is 43.9 Å². The van der Waals surface area contributed by atoms with Crippen molar-refractivity contribution in [2.24, 2.45) is 0 Å². The van der Waals surface area contributed by atoms with Crippen molar-refractivity contribution in [1.29, 1.82) is 0 Å². The van der Waals surface area contributed by atoms with Gasteiger partial charge < -0.3 is 14.8 Å². The van der Waals surface area contributed by atoms with Gasteiger partial charge in [-0.1, -0.05) is 0 Å². The van der Waals surface area contributed by atoms with E-state index in [-0.39, 0.29) is 5.91 Å². The van der Waals surface area contributed by atoms with Crippen LogP contribution >= 0.6 is 0 Å². The Morgan fingerprint density at radius 1 is 1.16 bits per heavy atom. The molecule has 1 N–H and O–H groups in total. The molecule has 0 saturated heterocycles. The quantitative estimate of drug-likeness (QED) is 0.715. The Morgan fingerprint density at radius 3 is 2.72 bits per heavy atom. The van der Waals surface area contributed by atoms with Crippen LogP contribution in [0.1, 0.15) is 16.1 Å². The summed E-state index contributed by atoms with van der Waals surface area (Å²) >= 11 is 0. The number of hydrogen-bond acceptors (Lipinski definition) is 4. The number of likely N-dealkylation sites (N-methyl/N-ethyl adjacent to an activating group) is 1. The number of carbonyl (C=O) groups is 1. The van der Waals surface area contributed by atoms with Gasteiger partial charge >= 0.3 is 0 Å². The minimum Gasteiger partial charge on any atom is -0.339 e. The standard InChI is InChI=1S/C18H22N6O/c1-22(2)12-13-24-11-7-17(21-24)20-18(25)16-4-3-10-23(16)14-15-5-8-19-9-6-15/h3-11H,12-14H2,1-2H3,(H,20,21,25). The molecule has 0 aromatic carbocycles. The fourth-order valence-electron chi connectivity index (χ4n) is 2.48. The lowest BCUT2D eigenvalue weighted by Gasteiger charge is -2.09. The lowest BCUT2D eigenvalue weighted by Crippen LogP contribution is -2.19. The molecule has 0 fully saturated rings. The average molecular weight is 338 g/mol. The van der Waals surface area contributed by atoms with Gasteiger partial charge in [-0.15, -0.1) is 0 Å². The molecule has 1 amide bonds. The zero-order chi connectivity index (χ0) is 17.6. The first-order valence-electron chi connectivity index (χ1n) is 8.15. The van der Waals surface area contributed by atoms with Crippen LogP contribution in [0.2, 0.25) is 0 Å². The Balaban J connectivity index is 1.65. The molecule has 0 aliphatic rings. The summed E-state index contributed by atoms with van der Waals surface area (Å²) in [6.45, 7) is 2.29. The maximum atomic E-state index is 12.6. The molecule has 0 aliphatic heterocycles. The minimum atomic E-state index is -0.170. The second-order valence-electron chi connectivity index (χ2n) is 6.10. The number of anilines is 1. The van der Waals surface area contributed by atoms with E-state index < -0.39 is 0 Å². The zero-order valence-corrected chi connectivity index (χ0v) is 14.5. The molecular weight excluding hydrogens is 316 g/mol. The van der Waals surface area contributed by atoms with Crippen LogP contribution in [-0.2, 0) is 13.1 Å². The Labute approximate surface area is 146 Å². The van der Waals surface area contributed by atoms with E-state index in [2.05, 4.69) is 20.3 Å². The Morgan fingerprint density at radius 2 is 1.96 bits per heavy atom. The van der Waals surface area contributed by atoms with Gasteiger partial charge in [-0.2, -0.15) is 5.10 Å². The van der Waals surface area contributed by atoms with Crippen LogP contribution in [0.5, 0.6) is 0 Å². The highest BCUT2D eigenvalue weighted by Gasteiger charge is 2.12. The van der Waals surface area contributed by atoms with Crippen LogP contribution < -0.4 is 5.32 Å². The van der Waals surface area contributed by atoms with Gasteiger partial charge in [-0.25, -0.2) is 0 Å². The first-order valence-corrected chi connectivity index (χ1v) is 8.15. The molecule has 0 atom stereocenters.